The monoisotopic (exact) mass is 307 g/mol. The van der Waals surface area contributed by atoms with Crippen LogP contribution in [-0.2, 0) is 13.2 Å². The number of ether oxygens (including phenoxy) is 1. The maximum Gasteiger partial charge on any atom is 0.124 e. The molecular weight excluding hydrogens is 289 g/mol. The predicted octanol–water partition coefficient (Wildman–Crippen LogP) is 4.56. The van der Waals surface area contributed by atoms with E-state index in [-0.39, 0.29) is 5.82 Å². The molecule has 0 fully saturated rings. The molecule has 0 amide bonds. The maximum atomic E-state index is 13.0. The first-order chi connectivity index (χ1) is 10.2. The van der Waals surface area contributed by atoms with Crippen LogP contribution >= 0.6 is 11.6 Å². The lowest BCUT2D eigenvalue weighted by atomic mass is 10.2. The van der Waals surface area contributed by atoms with Gasteiger partial charge in [0.2, 0.25) is 0 Å². The number of halogens is 2. The normalized spacial score (nSPS) is 10.6. The standard InChI is InChI=1S/C17H19ClFNO/c1-2-8-20-11-13-4-3-5-16(9-13)21-12-14-6-7-15(19)10-17(14)18/h3-7,9-10,20H,2,8,11-12H2,1H3. The molecule has 2 nitrogen and oxygen atoms in total. The third kappa shape index (κ3) is 5.03. The molecule has 0 spiro atoms. The van der Waals surface area contributed by atoms with E-state index in [1.165, 1.54) is 17.7 Å². The van der Waals surface area contributed by atoms with Crippen molar-refractivity contribution < 1.29 is 9.13 Å². The van der Waals surface area contributed by atoms with Crippen LogP contribution in [0, 0.1) is 5.82 Å². The Morgan fingerprint density at radius 2 is 2.05 bits per heavy atom. The summed E-state index contributed by atoms with van der Waals surface area (Å²) in [5.41, 5.74) is 1.94. The summed E-state index contributed by atoms with van der Waals surface area (Å²) in [6, 6.07) is 12.2. The van der Waals surface area contributed by atoms with Crippen molar-refractivity contribution >= 4 is 11.6 Å². The number of hydrogen-bond donors (Lipinski definition) is 1. The van der Waals surface area contributed by atoms with Gasteiger partial charge in [0.25, 0.3) is 0 Å². The van der Waals surface area contributed by atoms with Crippen LogP contribution in [0.3, 0.4) is 0 Å². The molecule has 112 valence electrons. The average Bonchev–Trinajstić information content (AvgIpc) is 2.47. The van der Waals surface area contributed by atoms with Gasteiger partial charge in [0.15, 0.2) is 0 Å². The topological polar surface area (TPSA) is 21.3 Å². The molecule has 0 unspecified atom stereocenters. The summed E-state index contributed by atoms with van der Waals surface area (Å²) in [7, 11) is 0. The molecule has 0 aromatic heterocycles. The molecule has 21 heavy (non-hydrogen) atoms. The molecule has 0 aliphatic carbocycles. The van der Waals surface area contributed by atoms with Gasteiger partial charge >= 0.3 is 0 Å². The van der Waals surface area contributed by atoms with Crippen LogP contribution in [0.5, 0.6) is 5.75 Å². The zero-order valence-electron chi connectivity index (χ0n) is 12.0. The number of rotatable bonds is 7. The molecule has 0 aliphatic rings. The summed E-state index contributed by atoms with van der Waals surface area (Å²) in [5.74, 6) is 0.443. The Balaban J connectivity index is 1.95. The second-order valence-corrected chi connectivity index (χ2v) is 5.26. The van der Waals surface area contributed by atoms with E-state index >= 15 is 0 Å². The van der Waals surface area contributed by atoms with Gasteiger partial charge in [0.1, 0.15) is 18.2 Å². The second-order valence-electron chi connectivity index (χ2n) is 4.85. The molecule has 0 heterocycles. The minimum absolute atomic E-state index is 0.324. The minimum Gasteiger partial charge on any atom is -0.489 e. The molecule has 0 atom stereocenters. The smallest absolute Gasteiger partial charge is 0.124 e. The van der Waals surface area contributed by atoms with Crippen molar-refractivity contribution in [3.63, 3.8) is 0 Å². The lowest BCUT2D eigenvalue weighted by Crippen LogP contribution is -2.13. The van der Waals surface area contributed by atoms with Crippen molar-refractivity contribution in [3.05, 3.63) is 64.4 Å². The first-order valence-electron chi connectivity index (χ1n) is 7.05. The zero-order valence-corrected chi connectivity index (χ0v) is 12.8. The van der Waals surface area contributed by atoms with Gasteiger partial charge < -0.3 is 10.1 Å². The summed E-state index contributed by atoms with van der Waals surface area (Å²) in [6.45, 7) is 4.28. The third-order valence-corrected chi connectivity index (χ3v) is 3.42. The highest BCUT2D eigenvalue weighted by molar-refractivity contribution is 6.31. The average molecular weight is 308 g/mol. The Morgan fingerprint density at radius 1 is 1.19 bits per heavy atom. The Kier molecular flexibility index (Phi) is 6.03. The van der Waals surface area contributed by atoms with Gasteiger partial charge in [-0.1, -0.05) is 36.7 Å². The molecule has 0 radical (unpaired) electrons. The lowest BCUT2D eigenvalue weighted by molar-refractivity contribution is 0.306. The summed E-state index contributed by atoms with van der Waals surface area (Å²) >= 11 is 5.98. The maximum absolute atomic E-state index is 13.0. The second kappa shape index (κ2) is 8.01. The highest BCUT2D eigenvalue weighted by Gasteiger charge is 2.03. The summed E-state index contributed by atoms with van der Waals surface area (Å²) in [5, 5.41) is 3.73. The van der Waals surface area contributed by atoms with Gasteiger partial charge in [0, 0.05) is 12.1 Å². The molecule has 2 rings (SSSR count). The highest BCUT2D eigenvalue weighted by atomic mass is 35.5. The number of nitrogens with one attached hydrogen (secondary N) is 1. The highest BCUT2D eigenvalue weighted by Crippen LogP contribution is 2.20. The van der Waals surface area contributed by atoms with E-state index in [1.54, 1.807) is 6.07 Å². The molecule has 2 aromatic rings. The van der Waals surface area contributed by atoms with Gasteiger partial charge in [-0.25, -0.2) is 4.39 Å². The van der Waals surface area contributed by atoms with E-state index in [2.05, 4.69) is 18.3 Å². The molecule has 0 saturated carbocycles. The summed E-state index contributed by atoms with van der Waals surface area (Å²) in [4.78, 5) is 0. The molecular formula is C17H19ClFNO. The SMILES string of the molecule is CCCNCc1cccc(OCc2ccc(F)cc2Cl)c1. The molecule has 0 saturated heterocycles. The van der Waals surface area contributed by atoms with Crippen LogP contribution < -0.4 is 10.1 Å². The van der Waals surface area contributed by atoms with Gasteiger partial charge in [-0.2, -0.15) is 0 Å². The third-order valence-electron chi connectivity index (χ3n) is 3.06. The Morgan fingerprint density at radius 3 is 2.81 bits per heavy atom. The molecule has 0 aliphatic heterocycles. The minimum atomic E-state index is -0.340. The predicted molar refractivity (Wildman–Crippen MR) is 84.2 cm³/mol. The first-order valence-corrected chi connectivity index (χ1v) is 7.43. The largest absolute Gasteiger partial charge is 0.489 e. The Labute approximate surface area is 129 Å². The van der Waals surface area contributed by atoms with E-state index in [1.807, 2.05) is 18.2 Å². The van der Waals surface area contributed by atoms with Crippen LogP contribution in [0.4, 0.5) is 4.39 Å². The van der Waals surface area contributed by atoms with Crippen molar-refractivity contribution in [2.45, 2.75) is 26.5 Å². The zero-order chi connectivity index (χ0) is 15.1. The number of hydrogen-bond acceptors (Lipinski definition) is 2. The molecule has 0 bridgehead atoms. The van der Waals surface area contributed by atoms with Crippen LogP contribution in [0.25, 0.3) is 0 Å². The number of benzene rings is 2. The lowest BCUT2D eigenvalue weighted by Gasteiger charge is -2.10. The van der Waals surface area contributed by atoms with Gasteiger partial charge in [0.05, 0.1) is 5.02 Å². The van der Waals surface area contributed by atoms with Gasteiger partial charge in [-0.3, -0.25) is 0 Å². The van der Waals surface area contributed by atoms with Crippen LogP contribution in [0.15, 0.2) is 42.5 Å². The van der Waals surface area contributed by atoms with Crippen molar-refractivity contribution in [2.24, 2.45) is 0 Å². The van der Waals surface area contributed by atoms with E-state index in [9.17, 15) is 4.39 Å². The summed E-state index contributed by atoms with van der Waals surface area (Å²) in [6.07, 6.45) is 1.11. The fourth-order valence-corrected chi connectivity index (χ4v) is 2.18. The Hall–Kier alpha value is -1.58. The van der Waals surface area contributed by atoms with Gasteiger partial charge in [-0.15, -0.1) is 0 Å². The quantitative estimate of drug-likeness (QED) is 0.757. The van der Waals surface area contributed by atoms with Crippen molar-refractivity contribution in [1.29, 1.82) is 0 Å². The van der Waals surface area contributed by atoms with Crippen molar-refractivity contribution in [3.8, 4) is 5.75 Å². The fourth-order valence-electron chi connectivity index (χ4n) is 1.95. The van der Waals surface area contributed by atoms with E-state index in [0.29, 0.717) is 11.6 Å². The van der Waals surface area contributed by atoms with Gasteiger partial charge in [-0.05, 0) is 42.8 Å². The molecule has 2 aromatic carbocycles. The fraction of sp³-hybridized carbons (Fsp3) is 0.294. The first kappa shape index (κ1) is 15.8. The van der Waals surface area contributed by atoms with E-state index in [0.717, 1.165) is 30.8 Å². The molecule has 1 N–H and O–H groups in total. The molecule has 4 heteroatoms. The Bertz CT molecular complexity index is 589. The van der Waals surface area contributed by atoms with Crippen molar-refractivity contribution in [2.75, 3.05) is 6.54 Å². The van der Waals surface area contributed by atoms with Crippen LogP contribution in [0.1, 0.15) is 24.5 Å². The van der Waals surface area contributed by atoms with Crippen LogP contribution in [-0.4, -0.2) is 6.54 Å². The van der Waals surface area contributed by atoms with E-state index < -0.39 is 0 Å². The summed E-state index contributed by atoms with van der Waals surface area (Å²) < 4.78 is 18.7. The van der Waals surface area contributed by atoms with Crippen LogP contribution in [0.2, 0.25) is 5.02 Å². The van der Waals surface area contributed by atoms with Crippen molar-refractivity contribution in [1.82, 2.24) is 5.32 Å². The van der Waals surface area contributed by atoms with E-state index in [4.69, 9.17) is 16.3 Å².